The van der Waals surface area contributed by atoms with Gasteiger partial charge in [0.2, 0.25) is 0 Å². The third kappa shape index (κ3) is 2.42. The highest BCUT2D eigenvalue weighted by Gasteiger charge is 2.39. The van der Waals surface area contributed by atoms with Gasteiger partial charge in [0.25, 0.3) is 5.91 Å². The summed E-state index contributed by atoms with van der Waals surface area (Å²) in [6.45, 7) is 2.79. The second-order valence-electron chi connectivity index (χ2n) is 3.81. The Kier molecular flexibility index (Phi) is 3.44. The molecule has 1 aliphatic rings. The quantitative estimate of drug-likeness (QED) is 0.689. The van der Waals surface area contributed by atoms with Gasteiger partial charge in [0.1, 0.15) is 5.60 Å². The van der Waals surface area contributed by atoms with E-state index in [0.29, 0.717) is 18.1 Å². The van der Waals surface area contributed by atoms with Gasteiger partial charge in [-0.3, -0.25) is 4.79 Å². The van der Waals surface area contributed by atoms with Crippen LogP contribution >= 0.6 is 12.2 Å². The minimum atomic E-state index is -0.667. The topological polar surface area (TPSA) is 55.6 Å². The van der Waals surface area contributed by atoms with Crippen LogP contribution in [0.4, 0.5) is 0 Å². The van der Waals surface area contributed by atoms with E-state index in [1.54, 1.807) is 7.05 Å². The molecule has 80 valence electrons. The van der Waals surface area contributed by atoms with Gasteiger partial charge >= 0.3 is 0 Å². The molecule has 14 heavy (non-hydrogen) atoms. The first-order chi connectivity index (χ1) is 6.46. The van der Waals surface area contributed by atoms with Crippen molar-refractivity contribution in [2.75, 3.05) is 20.2 Å². The van der Waals surface area contributed by atoms with Gasteiger partial charge < -0.3 is 15.4 Å². The predicted octanol–water partition coefficient (Wildman–Crippen LogP) is 0.300. The summed E-state index contributed by atoms with van der Waals surface area (Å²) in [6, 6.07) is 0. The molecule has 1 atom stereocenters. The number of carbonyl (C=O) groups excluding carboxylic acids is 1. The van der Waals surface area contributed by atoms with Crippen molar-refractivity contribution in [2.45, 2.75) is 25.4 Å². The molecule has 1 unspecified atom stereocenters. The fourth-order valence-electron chi connectivity index (χ4n) is 1.66. The lowest BCUT2D eigenvalue weighted by Gasteiger charge is -2.27. The van der Waals surface area contributed by atoms with E-state index in [2.05, 4.69) is 0 Å². The van der Waals surface area contributed by atoms with E-state index in [4.69, 9.17) is 22.7 Å². The third-order valence-electron chi connectivity index (χ3n) is 2.41. The van der Waals surface area contributed by atoms with E-state index < -0.39 is 5.60 Å². The lowest BCUT2D eigenvalue weighted by molar-refractivity contribution is -0.148. The van der Waals surface area contributed by atoms with Crippen LogP contribution in [-0.2, 0) is 9.53 Å². The summed E-state index contributed by atoms with van der Waals surface area (Å²) in [5.74, 6) is -0.0391. The molecule has 1 saturated heterocycles. The predicted molar refractivity (Wildman–Crippen MR) is 58.0 cm³/mol. The Morgan fingerprint density at radius 2 is 2.36 bits per heavy atom. The number of likely N-dealkylation sites (N-methyl/N-ethyl adjacent to an activating group) is 1. The minimum absolute atomic E-state index is 0.0391. The second kappa shape index (κ2) is 4.23. The number of hydrogen-bond donors (Lipinski definition) is 1. The van der Waals surface area contributed by atoms with Gasteiger partial charge in [-0.1, -0.05) is 12.2 Å². The Morgan fingerprint density at radius 1 is 1.71 bits per heavy atom. The van der Waals surface area contributed by atoms with E-state index in [-0.39, 0.29) is 5.91 Å². The molecular weight excluding hydrogens is 200 g/mol. The van der Waals surface area contributed by atoms with Crippen LogP contribution in [-0.4, -0.2) is 41.6 Å². The molecule has 1 aliphatic heterocycles. The lowest BCUT2D eigenvalue weighted by Crippen LogP contribution is -2.47. The number of hydrogen-bond acceptors (Lipinski definition) is 3. The summed E-state index contributed by atoms with van der Waals surface area (Å²) in [4.78, 5) is 13.7. The molecule has 1 amide bonds. The van der Waals surface area contributed by atoms with Crippen molar-refractivity contribution in [1.82, 2.24) is 4.90 Å². The molecule has 0 aromatic rings. The van der Waals surface area contributed by atoms with Gasteiger partial charge in [0.05, 0.1) is 11.5 Å². The van der Waals surface area contributed by atoms with Crippen molar-refractivity contribution in [1.29, 1.82) is 0 Å². The maximum Gasteiger partial charge on any atom is 0.254 e. The number of thiocarbonyl (C=S) groups is 1. The fourth-order valence-corrected chi connectivity index (χ4v) is 1.85. The smallest absolute Gasteiger partial charge is 0.254 e. The third-order valence-corrected chi connectivity index (χ3v) is 2.54. The molecule has 4 nitrogen and oxygen atoms in total. The number of nitrogens with two attached hydrogens (primary N) is 1. The summed E-state index contributed by atoms with van der Waals surface area (Å²) >= 11 is 4.75. The zero-order valence-corrected chi connectivity index (χ0v) is 9.39. The molecule has 0 spiro atoms. The summed E-state index contributed by atoms with van der Waals surface area (Å²) in [7, 11) is 1.69. The summed E-state index contributed by atoms with van der Waals surface area (Å²) < 4.78 is 5.43. The molecule has 5 heteroatoms. The maximum absolute atomic E-state index is 11.9. The first-order valence-corrected chi connectivity index (χ1v) is 5.04. The Bertz CT molecular complexity index is 249. The zero-order valence-electron chi connectivity index (χ0n) is 8.58. The molecule has 0 bridgehead atoms. The van der Waals surface area contributed by atoms with Crippen LogP contribution in [0.1, 0.15) is 19.8 Å². The van der Waals surface area contributed by atoms with Crippen molar-refractivity contribution in [3.05, 3.63) is 0 Å². The molecule has 0 aromatic heterocycles. The first kappa shape index (κ1) is 11.4. The summed E-state index contributed by atoms with van der Waals surface area (Å²) in [5.41, 5.74) is 4.70. The monoisotopic (exact) mass is 216 g/mol. The van der Waals surface area contributed by atoms with Gasteiger partial charge in [-0.2, -0.15) is 0 Å². The van der Waals surface area contributed by atoms with Crippen LogP contribution in [0.25, 0.3) is 0 Å². The summed E-state index contributed by atoms with van der Waals surface area (Å²) in [5, 5.41) is 0. The molecule has 0 aromatic carbocycles. The number of rotatable bonds is 3. The largest absolute Gasteiger partial charge is 0.392 e. The molecule has 1 rings (SSSR count). The van der Waals surface area contributed by atoms with Gasteiger partial charge in [-0.05, 0) is 19.8 Å². The Labute approximate surface area is 89.4 Å². The number of nitrogens with zero attached hydrogens (tertiary/aromatic N) is 1. The number of carbonyl (C=O) groups is 1. The second-order valence-corrected chi connectivity index (χ2v) is 4.33. The van der Waals surface area contributed by atoms with Crippen LogP contribution < -0.4 is 5.73 Å². The Morgan fingerprint density at radius 3 is 2.79 bits per heavy atom. The van der Waals surface area contributed by atoms with Crippen LogP contribution in [0.3, 0.4) is 0 Å². The highest BCUT2D eigenvalue weighted by Crippen LogP contribution is 2.26. The normalized spacial score (nSPS) is 26.1. The van der Waals surface area contributed by atoms with E-state index in [0.717, 1.165) is 12.8 Å². The average Bonchev–Trinajstić information content (AvgIpc) is 2.51. The molecule has 0 aliphatic carbocycles. The van der Waals surface area contributed by atoms with E-state index in [1.807, 2.05) is 6.92 Å². The molecule has 1 heterocycles. The van der Waals surface area contributed by atoms with Crippen LogP contribution in [0.15, 0.2) is 0 Å². The highest BCUT2D eigenvalue weighted by atomic mass is 32.1. The summed E-state index contributed by atoms with van der Waals surface area (Å²) in [6.07, 6.45) is 1.71. The molecule has 0 radical (unpaired) electrons. The van der Waals surface area contributed by atoms with Crippen molar-refractivity contribution < 1.29 is 9.53 Å². The SMILES string of the molecule is CN(CC(N)=S)C(=O)C1(C)CCCO1. The number of ether oxygens (including phenoxy) is 1. The van der Waals surface area contributed by atoms with Gasteiger partial charge in [0, 0.05) is 13.7 Å². The standard InChI is InChI=1S/C9H16N2O2S/c1-9(4-3-5-13-9)8(12)11(2)6-7(10)14/h3-6H2,1-2H3,(H2,10,14). The highest BCUT2D eigenvalue weighted by molar-refractivity contribution is 7.80. The minimum Gasteiger partial charge on any atom is -0.392 e. The zero-order chi connectivity index (χ0) is 10.8. The molecular formula is C9H16N2O2S. The lowest BCUT2D eigenvalue weighted by atomic mass is 10.0. The van der Waals surface area contributed by atoms with Gasteiger partial charge in [-0.15, -0.1) is 0 Å². The van der Waals surface area contributed by atoms with Crippen LogP contribution in [0.2, 0.25) is 0 Å². The fraction of sp³-hybridized carbons (Fsp3) is 0.778. The molecule has 1 fully saturated rings. The van der Waals surface area contributed by atoms with Gasteiger partial charge in [0.15, 0.2) is 0 Å². The molecule has 0 saturated carbocycles. The van der Waals surface area contributed by atoms with Crippen molar-refractivity contribution >= 4 is 23.1 Å². The van der Waals surface area contributed by atoms with Crippen LogP contribution in [0, 0.1) is 0 Å². The van der Waals surface area contributed by atoms with Crippen molar-refractivity contribution in [3.8, 4) is 0 Å². The Hall–Kier alpha value is -0.680. The average molecular weight is 216 g/mol. The number of amides is 1. The van der Waals surface area contributed by atoms with Crippen molar-refractivity contribution in [2.24, 2.45) is 5.73 Å². The van der Waals surface area contributed by atoms with Gasteiger partial charge in [-0.25, -0.2) is 0 Å². The van der Waals surface area contributed by atoms with E-state index in [9.17, 15) is 4.79 Å². The Balaban J connectivity index is 2.59. The first-order valence-electron chi connectivity index (χ1n) is 4.63. The van der Waals surface area contributed by atoms with E-state index in [1.165, 1.54) is 4.90 Å². The van der Waals surface area contributed by atoms with E-state index >= 15 is 0 Å². The van der Waals surface area contributed by atoms with Crippen LogP contribution in [0.5, 0.6) is 0 Å². The maximum atomic E-state index is 11.9. The van der Waals surface area contributed by atoms with Crippen molar-refractivity contribution in [3.63, 3.8) is 0 Å². The molecule has 2 N–H and O–H groups in total.